The summed E-state index contributed by atoms with van der Waals surface area (Å²) in [5.74, 6) is 0.591. The van der Waals surface area contributed by atoms with Gasteiger partial charge in [-0.15, -0.1) is 0 Å². The standard InChI is InChI=1S/C28H30N8O2/c1-34-13-16-10-17(38-3)14-36(16)23-4-5-24(33-22(23)15-34)32-21-12-30-26(20-11-31-28(37)25(20)21)18-6-8-29-27-19(18)7-9-35(27)2/h4-9,12,16-17H,10-11,13-15H2,1-3H3,(H,31,37)(H,32,33)/t16-,17-/m0/s1. The monoisotopic (exact) mass is 510 g/mol. The molecule has 3 aliphatic heterocycles. The molecule has 0 aliphatic carbocycles. The molecule has 4 aromatic heterocycles. The van der Waals surface area contributed by atoms with Gasteiger partial charge in [-0.05, 0) is 37.7 Å². The summed E-state index contributed by atoms with van der Waals surface area (Å²) < 4.78 is 7.66. The van der Waals surface area contributed by atoms with Crippen molar-refractivity contribution in [2.24, 2.45) is 7.05 Å². The molecule has 1 saturated heterocycles. The van der Waals surface area contributed by atoms with Crippen LogP contribution in [0.3, 0.4) is 0 Å². The van der Waals surface area contributed by atoms with Crippen LogP contribution in [-0.2, 0) is 24.9 Å². The number of rotatable bonds is 4. The first-order valence-corrected chi connectivity index (χ1v) is 13.0. The van der Waals surface area contributed by atoms with Crippen LogP contribution in [0.25, 0.3) is 22.3 Å². The van der Waals surface area contributed by atoms with Gasteiger partial charge in [0.1, 0.15) is 11.5 Å². The van der Waals surface area contributed by atoms with Crippen LogP contribution in [0.5, 0.6) is 0 Å². The number of hydrogen-bond acceptors (Lipinski definition) is 8. The molecule has 38 heavy (non-hydrogen) atoms. The maximum Gasteiger partial charge on any atom is 0.254 e. The van der Waals surface area contributed by atoms with Crippen LogP contribution >= 0.6 is 0 Å². The molecule has 2 atom stereocenters. The highest BCUT2D eigenvalue weighted by Crippen LogP contribution is 2.37. The number of carbonyl (C=O) groups is 1. The van der Waals surface area contributed by atoms with E-state index in [4.69, 9.17) is 14.7 Å². The van der Waals surface area contributed by atoms with Crippen LogP contribution in [-0.4, -0.2) is 69.7 Å². The van der Waals surface area contributed by atoms with Gasteiger partial charge in [-0.25, -0.2) is 9.97 Å². The Morgan fingerprint density at radius 3 is 2.89 bits per heavy atom. The Balaban J connectivity index is 1.25. The summed E-state index contributed by atoms with van der Waals surface area (Å²) in [4.78, 5) is 32.1. The lowest BCUT2D eigenvalue weighted by Gasteiger charge is -2.26. The Kier molecular flexibility index (Phi) is 5.34. The third-order valence-corrected chi connectivity index (χ3v) is 8.03. The highest BCUT2D eigenvalue weighted by Gasteiger charge is 2.36. The van der Waals surface area contributed by atoms with Gasteiger partial charge in [0, 0.05) is 75.3 Å². The van der Waals surface area contributed by atoms with Crippen LogP contribution in [0.15, 0.2) is 42.9 Å². The number of nitrogens with one attached hydrogen (secondary N) is 2. The number of carbonyl (C=O) groups excluding carboxylic acids is 1. The molecule has 3 aliphatic rings. The Labute approximate surface area is 220 Å². The van der Waals surface area contributed by atoms with Crippen LogP contribution in [0, 0.1) is 0 Å². The van der Waals surface area contributed by atoms with E-state index < -0.39 is 0 Å². The van der Waals surface area contributed by atoms with E-state index in [0.29, 0.717) is 29.7 Å². The summed E-state index contributed by atoms with van der Waals surface area (Å²) in [6, 6.07) is 8.55. The second-order valence-corrected chi connectivity index (χ2v) is 10.5. The van der Waals surface area contributed by atoms with Crippen LogP contribution in [0.4, 0.5) is 17.2 Å². The van der Waals surface area contributed by atoms with Crippen molar-refractivity contribution < 1.29 is 9.53 Å². The molecular formula is C28H30N8O2. The Hall–Kier alpha value is -4.02. The van der Waals surface area contributed by atoms with Gasteiger partial charge in [-0.2, -0.15) is 0 Å². The summed E-state index contributed by atoms with van der Waals surface area (Å²) in [6.07, 6.45) is 6.78. The Morgan fingerprint density at radius 2 is 2.03 bits per heavy atom. The molecule has 2 N–H and O–H groups in total. The van der Waals surface area contributed by atoms with Gasteiger partial charge in [-0.1, -0.05) is 0 Å². The van der Waals surface area contributed by atoms with E-state index in [1.807, 2.05) is 36.0 Å². The third-order valence-electron chi connectivity index (χ3n) is 8.03. The lowest BCUT2D eigenvalue weighted by atomic mass is 10.0. The smallest absolute Gasteiger partial charge is 0.254 e. The Bertz CT molecular complexity index is 1580. The highest BCUT2D eigenvalue weighted by molar-refractivity contribution is 6.06. The number of ether oxygens (including phenoxy) is 1. The number of pyridine rings is 3. The minimum Gasteiger partial charge on any atom is -0.380 e. The quantitative estimate of drug-likeness (QED) is 0.432. The fourth-order valence-electron chi connectivity index (χ4n) is 6.21. The zero-order chi connectivity index (χ0) is 26.0. The molecule has 10 heteroatoms. The zero-order valence-electron chi connectivity index (χ0n) is 21.7. The third kappa shape index (κ3) is 3.63. The summed E-state index contributed by atoms with van der Waals surface area (Å²) >= 11 is 0. The molecule has 7 heterocycles. The van der Waals surface area contributed by atoms with Crippen molar-refractivity contribution in [3.8, 4) is 11.3 Å². The summed E-state index contributed by atoms with van der Waals surface area (Å²) in [5.41, 5.74) is 6.99. The van der Waals surface area contributed by atoms with Gasteiger partial charge in [-0.3, -0.25) is 14.7 Å². The molecule has 0 bridgehead atoms. The average molecular weight is 511 g/mol. The fraction of sp³-hybridized carbons (Fsp3) is 0.357. The number of nitrogens with zero attached hydrogens (tertiary/aromatic N) is 6. The average Bonchev–Trinajstić information content (AvgIpc) is 3.60. The number of fused-ring (bicyclic) bond motifs is 5. The lowest BCUT2D eigenvalue weighted by molar-refractivity contribution is 0.0966. The van der Waals surface area contributed by atoms with Gasteiger partial charge < -0.3 is 24.8 Å². The number of aryl methyl sites for hydroxylation is 1. The lowest BCUT2D eigenvalue weighted by Crippen LogP contribution is -2.35. The molecule has 1 fully saturated rings. The first kappa shape index (κ1) is 23.1. The summed E-state index contributed by atoms with van der Waals surface area (Å²) in [7, 11) is 5.90. The number of anilines is 3. The number of hydrogen-bond donors (Lipinski definition) is 2. The number of amides is 1. The van der Waals surface area contributed by atoms with Gasteiger partial charge in [0.05, 0.1) is 40.6 Å². The molecular weight excluding hydrogens is 480 g/mol. The van der Waals surface area contributed by atoms with Crippen molar-refractivity contribution in [1.82, 2.24) is 29.7 Å². The van der Waals surface area contributed by atoms with Crippen molar-refractivity contribution in [2.75, 3.05) is 37.5 Å². The van der Waals surface area contributed by atoms with E-state index in [-0.39, 0.29) is 12.0 Å². The van der Waals surface area contributed by atoms with Gasteiger partial charge >= 0.3 is 0 Å². The van der Waals surface area contributed by atoms with E-state index in [1.165, 1.54) is 0 Å². The molecule has 0 spiro atoms. The maximum atomic E-state index is 13.0. The van der Waals surface area contributed by atoms with Crippen molar-refractivity contribution >= 4 is 34.1 Å². The van der Waals surface area contributed by atoms with Crippen molar-refractivity contribution in [2.45, 2.75) is 31.7 Å². The van der Waals surface area contributed by atoms with Crippen LogP contribution in [0.1, 0.15) is 28.0 Å². The molecule has 0 radical (unpaired) electrons. The first-order chi connectivity index (χ1) is 18.5. The first-order valence-electron chi connectivity index (χ1n) is 13.0. The van der Waals surface area contributed by atoms with Gasteiger partial charge in [0.15, 0.2) is 0 Å². The van der Waals surface area contributed by atoms with Crippen molar-refractivity contribution in [1.29, 1.82) is 0 Å². The summed E-state index contributed by atoms with van der Waals surface area (Å²) in [6.45, 7) is 3.05. The van der Waals surface area contributed by atoms with E-state index in [9.17, 15) is 4.79 Å². The number of aromatic nitrogens is 4. The van der Waals surface area contributed by atoms with Crippen molar-refractivity contribution in [3.63, 3.8) is 0 Å². The normalized spacial score (nSPS) is 20.7. The van der Waals surface area contributed by atoms with E-state index >= 15 is 0 Å². The number of methoxy groups -OCH3 is 1. The van der Waals surface area contributed by atoms with Crippen LogP contribution < -0.4 is 15.5 Å². The van der Waals surface area contributed by atoms with E-state index in [2.05, 4.69) is 38.5 Å². The second kappa shape index (κ2) is 8.78. The largest absolute Gasteiger partial charge is 0.380 e. The zero-order valence-corrected chi connectivity index (χ0v) is 21.7. The van der Waals surface area contributed by atoms with Crippen LogP contribution in [0.2, 0.25) is 0 Å². The van der Waals surface area contributed by atoms with E-state index in [0.717, 1.165) is 65.3 Å². The molecule has 1 amide bonds. The molecule has 0 aromatic carbocycles. The van der Waals surface area contributed by atoms with E-state index in [1.54, 1.807) is 19.5 Å². The molecule has 0 saturated carbocycles. The minimum atomic E-state index is -0.107. The molecule has 0 unspecified atom stereocenters. The second-order valence-electron chi connectivity index (χ2n) is 10.5. The predicted octanol–water partition coefficient (Wildman–Crippen LogP) is 3.06. The highest BCUT2D eigenvalue weighted by atomic mass is 16.5. The number of likely N-dealkylation sites (N-methyl/N-ethyl adjacent to an activating group) is 1. The maximum absolute atomic E-state index is 13.0. The van der Waals surface area contributed by atoms with Gasteiger partial charge in [0.25, 0.3) is 5.91 Å². The minimum absolute atomic E-state index is 0.107. The molecule has 4 aromatic rings. The predicted molar refractivity (Wildman–Crippen MR) is 146 cm³/mol. The molecule has 7 rings (SSSR count). The molecule has 10 nitrogen and oxygen atoms in total. The Morgan fingerprint density at radius 1 is 1.13 bits per heavy atom. The topological polar surface area (TPSA) is 100 Å². The van der Waals surface area contributed by atoms with Crippen molar-refractivity contribution in [3.05, 3.63) is 59.7 Å². The fourth-order valence-corrected chi connectivity index (χ4v) is 6.21. The SMILES string of the molecule is CO[C@H]1C[C@H]2CN(C)Cc3nc(Nc4cnc(-c5ccnc6c5ccn6C)c5c4C(=O)NC5)ccc3N2C1. The molecule has 194 valence electrons. The summed E-state index contributed by atoms with van der Waals surface area (Å²) in [5, 5.41) is 7.41. The van der Waals surface area contributed by atoms with Gasteiger partial charge in [0.2, 0.25) is 0 Å².